The molecule has 4 nitrogen and oxygen atoms in total. The van der Waals surface area contributed by atoms with Gasteiger partial charge in [0.1, 0.15) is 0 Å². The highest BCUT2D eigenvalue weighted by Gasteiger charge is 2.11. The third kappa shape index (κ3) is 2.10. The third-order valence-corrected chi connectivity index (χ3v) is 2.88. The van der Waals surface area contributed by atoms with Crippen molar-refractivity contribution in [2.45, 2.75) is 13.0 Å². The molecule has 2 N–H and O–H groups in total. The number of aliphatic hydroxyl groups excluding tert-OH is 1. The standard InChI is InChI=1S/C8H10BrNO3/c1-10-6(3-7(12)13)2-5(4-11)8(10)9/h2,11H,3-4H2,1H3,(H,12,13). The van der Waals surface area contributed by atoms with Crippen molar-refractivity contribution in [3.05, 3.63) is 21.9 Å². The first-order valence-electron chi connectivity index (χ1n) is 3.72. The molecule has 0 spiro atoms. The lowest BCUT2D eigenvalue weighted by Gasteiger charge is -2.00. The van der Waals surface area contributed by atoms with Crippen LogP contribution in [-0.2, 0) is 24.9 Å². The number of carboxylic acids is 1. The van der Waals surface area contributed by atoms with E-state index in [0.29, 0.717) is 11.3 Å². The molecule has 1 aromatic rings. The molecule has 0 saturated carbocycles. The van der Waals surface area contributed by atoms with Crippen molar-refractivity contribution >= 4 is 21.9 Å². The maximum absolute atomic E-state index is 10.4. The summed E-state index contributed by atoms with van der Waals surface area (Å²) in [5.41, 5.74) is 1.38. The number of rotatable bonds is 3. The van der Waals surface area contributed by atoms with Crippen LogP contribution in [0.1, 0.15) is 11.3 Å². The first-order valence-corrected chi connectivity index (χ1v) is 4.51. The molecule has 1 rings (SSSR count). The first kappa shape index (κ1) is 10.3. The number of hydrogen-bond donors (Lipinski definition) is 2. The Kier molecular flexibility index (Phi) is 3.11. The van der Waals surface area contributed by atoms with Crippen LogP contribution >= 0.6 is 15.9 Å². The minimum absolute atomic E-state index is 0.0326. The highest BCUT2D eigenvalue weighted by molar-refractivity contribution is 9.10. The second-order valence-electron chi connectivity index (χ2n) is 2.74. The van der Waals surface area contributed by atoms with Crippen LogP contribution in [0.3, 0.4) is 0 Å². The minimum Gasteiger partial charge on any atom is -0.481 e. The van der Waals surface area contributed by atoms with Crippen LogP contribution in [0, 0.1) is 0 Å². The Bertz CT molecular complexity index is 332. The topological polar surface area (TPSA) is 62.5 Å². The number of nitrogens with zero attached hydrogens (tertiary/aromatic N) is 1. The SMILES string of the molecule is Cn1c(CC(=O)O)cc(CO)c1Br. The number of aliphatic carboxylic acids is 1. The average Bonchev–Trinajstić information content (AvgIpc) is 2.32. The van der Waals surface area contributed by atoms with Gasteiger partial charge in [-0.3, -0.25) is 4.79 Å². The van der Waals surface area contributed by atoms with Gasteiger partial charge in [-0.25, -0.2) is 0 Å². The van der Waals surface area contributed by atoms with Gasteiger partial charge in [0.2, 0.25) is 0 Å². The molecule has 0 unspecified atom stereocenters. The monoisotopic (exact) mass is 247 g/mol. The minimum atomic E-state index is -0.877. The van der Waals surface area contributed by atoms with Gasteiger partial charge in [-0.05, 0) is 22.0 Å². The summed E-state index contributed by atoms with van der Waals surface area (Å²) in [6.45, 7) is -0.0892. The Balaban J connectivity index is 3.02. The summed E-state index contributed by atoms with van der Waals surface area (Å²) >= 11 is 3.26. The first-order chi connectivity index (χ1) is 6.06. The average molecular weight is 248 g/mol. The van der Waals surface area contributed by atoms with Gasteiger partial charge in [-0.1, -0.05) is 0 Å². The Morgan fingerprint density at radius 2 is 2.31 bits per heavy atom. The molecule has 0 radical (unpaired) electrons. The van der Waals surface area contributed by atoms with Gasteiger partial charge in [0.05, 0.1) is 17.6 Å². The number of aromatic nitrogens is 1. The van der Waals surface area contributed by atoms with Crippen molar-refractivity contribution in [3.8, 4) is 0 Å². The molecule has 0 aliphatic heterocycles. The Labute approximate surface area is 83.9 Å². The van der Waals surface area contributed by atoms with Crippen LogP contribution in [0.25, 0.3) is 0 Å². The lowest BCUT2D eigenvalue weighted by molar-refractivity contribution is -0.136. The fourth-order valence-electron chi connectivity index (χ4n) is 1.13. The molecule has 13 heavy (non-hydrogen) atoms. The van der Waals surface area contributed by atoms with E-state index < -0.39 is 5.97 Å². The van der Waals surface area contributed by atoms with E-state index >= 15 is 0 Å². The largest absolute Gasteiger partial charge is 0.481 e. The summed E-state index contributed by atoms with van der Waals surface area (Å²) in [6.07, 6.45) is -0.0326. The summed E-state index contributed by atoms with van der Waals surface area (Å²) in [4.78, 5) is 10.4. The molecule has 0 aliphatic rings. The van der Waals surface area contributed by atoms with Crippen LogP contribution in [0.2, 0.25) is 0 Å². The van der Waals surface area contributed by atoms with Gasteiger partial charge in [0, 0.05) is 18.3 Å². The van der Waals surface area contributed by atoms with E-state index in [-0.39, 0.29) is 13.0 Å². The van der Waals surface area contributed by atoms with E-state index in [2.05, 4.69) is 15.9 Å². The predicted molar refractivity (Wildman–Crippen MR) is 50.4 cm³/mol. The van der Waals surface area contributed by atoms with Crippen molar-refractivity contribution in [1.82, 2.24) is 4.57 Å². The summed E-state index contributed by atoms with van der Waals surface area (Å²) in [6, 6.07) is 1.68. The Morgan fingerprint density at radius 1 is 1.69 bits per heavy atom. The van der Waals surface area contributed by atoms with Gasteiger partial charge in [0.15, 0.2) is 0 Å². The second kappa shape index (κ2) is 3.93. The van der Waals surface area contributed by atoms with Gasteiger partial charge >= 0.3 is 5.97 Å². The van der Waals surface area contributed by atoms with Gasteiger partial charge < -0.3 is 14.8 Å². The zero-order valence-corrected chi connectivity index (χ0v) is 8.71. The van der Waals surface area contributed by atoms with Crippen LogP contribution in [-0.4, -0.2) is 20.7 Å². The van der Waals surface area contributed by atoms with Crippen LogP contribution in [0.4, 0.5) is 0 Å². The molecule has 72 valence electrons. The Hall–Kier alpha value is -0.810. The molecule has 0 bridgehead atoms. The molecule has 0 aliphatic carbocycles. The lowest BCUT2D eigenvalue weighted by atomic mass is 10.3. The highest BCUT2D eigenvalue weighted by atomic mass is 79.9. The molecule has 0 aromatic carbocycles. The highest BCUT2D eigenvalue weighted by Crippen LogP contribution is 2.21. The molecule has 0 amide bonds. The fraction of sp³-hybridized carbons (Fsp3) is 0.375. The number of aliphatic hydroxyl groups is 1. The molecule has 5 heteroatoms. The zero-order chi connectivity index (χ0) is 10.0. The van der Waals surface area contributed by atoms with Gasteiger partial charge in [-0.2, -0.15) is 0 Å². The summed E-state index contributed by atoms with van der Waals surface area (Å²) in [5, 5.41) is 17.5. The van der Waals surface area contributed by atoms with E-state index in [1.807, 2.05) is 0 Å². The maximum Gasteiger partial charge on any atom is 0.309 e. The van der Waals surface area contributed by atoms with Gasteiger partial charge in [0.25, 0.3) is 0 Å². The Morgan fingerprint density at radius 3 is 2.69 bits per heavy atom. The lowest BCUT2D eigenvalue weighted by Crippen LogP contribution is -2.04. The predicted octanol–water partition coefficient (Wildman–Crippen LogP) is 0.907. The zero-order valence-electron chi connectivity index (χ0n) is 7.12. The molecule has 0 atom stereocenters. The van der Waals surface area contributed by atoms with Crippen molar-refractivity contribution in [2.75, 3.05) is 0 Å². The molecule has 1 heterocycles. The molecule has 0 saturated heterocycles. The summed E-state index contributed by atoms with van der Waals surface area (Å²) in [5.74, 6) is -0.877. The van der Waals surface area contributed by atoms with Crippen molar-refractivity contribution < 1.29 is 15.0 Å². The van der Waals surface area contributed by atoms with Gasteiger partial charge in [-0.15, -0.1) is 0 Å². The summed E-state index contributed by atoms with van der Waals surface area (Å²) in [7, 11) is 1.75. The van der Waals surface area contributed by atoms with Crippen molar-refractivity contribution in [2.24, 2.45) is 7.05 Å². The van der Waals surface area contributed by atoms with E-state index in [1.54, 1.807) is 17.7 Å². The normalized spacial score (nSPS) is 10.4. The second-order valence-corrected chi connectivity index (χ2v) is 3.49. The number of carboxylic acid groups (broad SMARTS) is 1. The molecule has 1 aromatic heterocycles. The number of hydrogen-bond acceptors (Lipinski definition) is 2. The quantitative estimate of drug-likeness (QED) is 0.835. The third-order valence-electron chi connectivity index (χ3n) is 1.83. The van der Waals surface area contributed by atoms with Crippen LogP contribution in [0.15, 0.2) is 10.7 Å². The van der Waals surface area contributed by atoms with E-state index in [9.17, 15) is 4.79 Å². The van der Waals surface area contributed by atoms with Crippen molar-refractivity contribution in [1.29, 1.82) is 0 Å². The molecular weight excluding hydrogens is 238 g/mol. The van der Waals surface area contributed by atoms with Crippen LogP contribution < -0.4 is 0 Å². The van der Waals surface area contributed by atoms with E-state index in [0.717, 1.165) is 4.60 Å². The van der Waals surface area contributed by atoms with E-state index in [4.69, 9.17) is 10.2 Å². The van der Waals surface area contributed by atoms with Crippen LogP contribution in [0.5, 0.6) is 0 Å². The molecular formula is C8H10BrNO3. The maximum atomic E-state index is 10.4. The fourth-order valence-corrected chi connectivity index (χ4v) is 1.60. The summed E-state index contributed by atoms with van der Waals surface area (Å²) < 4.78 is 2.44. The number of carbonyl (C=O) groups is 1. The molecule has 0 fully saturated rings. The number of halogens is 1. The van der Waals surface area contributed by atoms with E-state index in [1.165, 1.54) is 0 Å². The smallest absolute Gasteiger partial charge is 0.309 e. The van der Waals surface area contributed by atoms with Crippen molar-refractivity contribution in [3.63, 3.8) is 0 Å².